The fourth-order valence-electron chi connectivity index (χ4n) is 5.84. The number of hydrogen-bond donors (Lipinski definition) is 0. The molecule has 0 aromatic carbocycles. The molecule has 0 bridgehead atoms. The molecule has 0 aliphatic heterocycles. The smallest absolute Gasteiger partial charge is 0.306 e. The van der Waals surface area contributed by atoms with E-state index in [0.717, 1.165) is 96.3 Å². The second kappa shape index (κ2) is 42.4. The lowest BCUT2D eigenvalue weighted by molar-refractivity contribution is -0.889. The van der Waals surface area contributed by atoms with Gasteiger partial charge in [0.1, 0.15) is 12.6 Å². The van der Waals surface area contributed by atoms with Crippen LogP contribution < -0.4 is 5.11 Å². The summed E-state index contributed by atoms with van der Waals surface area (Å²) in [5, 5.41) is 11.6. The third-order valence-corrected chi connectivity index (χ3v) is 9.34. The minimum atomic E-state index is -1.14. The SMILES string of the molecule is CC/C=C/C/C=C/C/C=C/C/C=C/C/C=C/C/C=C/C/C=C/CCCC(=O)OCC(COCCC(C(=O)[O-])[N+](C)(C)C)OC(=O)CCCCCC/C=C/C/C=C/C/C=C/CC. The molecule has 8 nitrogen and oxygen atoms in total. The Morgan fingerprint density at radius 1 is 0.492 bits per heavy atom. The molecule has 8 heteroatoms. The maximum atomic E-state index is 12.7. The van der Waals surface area contributed by atoms with Gasteiger partial charge in [-0.2, -0.15) is 0 Å². The van der Waals surface area contributed by atoms with Crippen LogP contribution >= 0.6 is 0 Å². The highest BCUT2D eigenvalue weighted by molar-refractivity contribution is 5.70. The van der Waals surface area contributed by atoms with Gasteiger partial charge in [-0.15, -0.1) is 0 Å². The Morgan fingerprint density at radius 3 is 1.31 bits per heavy atom. The van der Waals surface area contributed by atoms with E-state index >= 15 is 0 Å². The third kappa shape index (κ3) is 40.9. The maximum absolute atomic E-state index is 12.7. The van der Waals surface area contributed by atoms with Gasteiger partial charge < -0.3 is 28.6 Å². The van der Waals surface area contributed by atoms with Crippen LogP contribution in [-0.4, -0.2) is 75.5 Å². The van der Waals surface area contributed by atoms with Gasteiger partial charge >= 0.3 is 11.9 Å². The first kappa shape index (κ1) is 56.7. The standard InChI is InChI=1S/C53H83NO7/c1-6-8-10-12-14-16-18-20-22-23-24-25-26-27-28-29-30-32-33-35-37-39-41-43-51(55)60-48-49(47-59-46-45-50(53(57)58)54(3,4)5)61-52(56)44-42-40-38-36-34-31-21-19-17-15-13-11-9-7-2/h8-11,14-17,20-22,24-25,27-28,30-32,35,37,49-50H,6-7,12-13,18-19,23,26,29,33-34,36,38-48H2,1-5H3/b10-8+,11-9+,16-14+,17-15+,22-20+,25-24+,28-27+,31-21+,32-30+,37-35+. The van der Waals surface area contributed by atoms with Crippen LogP contribution in [0.15, 0.2) is 122 Å². The van der Waals surface area contributed by atoms with Crippen molar-refractivity contribution in [2.24, 2.45) is 0 Å². The summed E-state index contributed by atoms with van der Waals surface area (Å²) < 4.78 is 17.1. The van der Waals surface area contributed by atoms with E-state index in [1.807, 2.05) is 0 Å². The summed E-state index contributed by atoms with van der Waals surface area (Å²) in [6.45, 7) is 4.32. The van der Waals surface area contributed by atoms with Crippen molar-refractivity contribution in [1.29, 1.82) is 0 Å². The van der Waals surface area contributed by atoms with E-state index in [4.69, 9.17) is 14.2 Å². The molecule has 61 heavy (non-hydrogen) atoms. The third-order valence-electron chi connectivity index (χ3n) is 9.34. The Balaban J connectivity index is 4.46. The van der Waals surface area contributed by atoms with E-state index in [-0.39, 0.29) is 55.5 Å². The van der Waals surface area contributed by atoms with Crippen molar-refractivity contribution in [2.75, 3.05) is 41.0 Å². The Morgan fingerprint density at radius 2 is 0.885 bits per heavy atom. The molecule has 0 aromatic heterocycles. The summed E-state index contributed by atoms with van der Waals surface area (Å²) in [7, 11) is 5.37. The number of esters is 2. The summed E-state index contributed by atoms with van der Waals surface area (Å²) in [6.07, 6.45) is 59.5. The van der Waals surface area contributed by atoms with Crippen LogP contribution in [0.25, 0.3) is 0 Å². The number of likely N-dealkylation sites (N-methyl/N-ethyl adjacent to an activating group) is 1. The molecule has 0 spiro atoms. The van der Waals surface area contributed by atoms with E-state index in [9.17, 15) is 19.5 Å². The van der Waals surface area contributed by atoms with E-state index in [0.29, 0.717) is 12.8 Å². The lowest BCUT2D eigenvalue weighted by atomic mass is 10.1. The van der Waals surface area contributed by atoms with Crippen molar-refractivity contribution in [1.82, 2.24) is 0 Å². The summed E-state index contributed by atoms with van der Waals surface area (Å²) >= 11 is 0. The first-order valence-electron chi connectivity index (χ1n) is 23.1. The molecule has 342 valence electrons. The number of carboxylic acid groups (broad SMARTS) is 1. The van der Waals surface area contributed by atoms with Crippen LogP contribution in [-0.2, 0) is 28.6 Å². The zero-order valence-electron chi connectivity index (χ0n) is 38.8. The van der Waals surface area contributed by atoms with Crippen LogP contribution in [0.1, 0.15) is 142 Å². The average molecular weight is 846 g/mol. The molecule has 0 aliphatic rings. The number of quaternary nitrogens is 1. The first-order chi connectivity index (χ1) is 29.6. The minimum Gasteiger partial charge on any atom is -0.544 e. The summed E-state index contributed by atoms with van der Waals surface area (Å²) in [6, 6.07) is -0.746. The van der Waals surface area contributed by atoms with Gasteiger partial charge in [-0.1, -0.05) is 148 Å². The number of hydrogen-bond acceptors (Lipinski definition) is 7. The number of ether oxygens (including phenoxy) is 3. The summed E-state index contributed by atoms with van der Waals surface area (Å²) in [5.41, 5.74) is 0. The number of rotatable bonds is 39. The van der Waals surface area contributed by atoms with Crippen molar-refractivity contribution in [3.05, 3.63) is 122 Å². The van der Waals surface area contributed by atoms with Gasteiger partial charge in [-0.25, -0.2) is 0 Å². The number of carbonyl (C=O) groups is 3. The molecule has 2 atom stereocenters. The molecule has 0 N–H and O–H groups in total. The molecule has 0 saturated heterocycles. The predicted octanol–water partition coefficient (Wildman–Crippen LogP) is 11.7. The van der Waals surface area contributed by atoms with Crippen LogP contribution in [0, 0.1) is 0 Å². The van der Waals surface area contributed by atoms with Crippen molar-refractivity contribution in [2.45, 2.75) is 154 Å². The van der Waals surface area contributed by atoms with Crippen LogP contribution in [0.5, 0.6) is 0 Å². The zero-order chi connectivity index (χ0) is 44.9. The van der Waals surface area contributed by atoms with Crippen molar-refractivity contribution >= 4 is 17.9 Å². The Bertz CT molecular complexity index is 1400. The van der Waals surface area contributed by atoms with Gasteiger partial charge in [-0.05, 0) is 96.3 Å². The lowest BCUT2D eigenvalue weighted by Crippen LogP contribution is -2.55. The van der Waals surface area contributed by atoms with Crippen molar-refractivity contribution < 1.29 is 38.2 Å². The Hall–Kier alpha value is -4.27. The number of unbranched alkanes of at least 4 members (excludes halogenated alkanes) is 5. The molecule has 2 unspecified atom stereocenters. The number of carbonyl (C=O) groups excluding carboxylic acids is 3. The van der Waals surface area contributed by atoms with Crippen molar-refractivity contribution in [3.63, 3.8) is 0 Å². The normalized spacial score (nSPS) is 14.0. The van der Waals surface area contributed by atoms with Crippen LogP contribution in [0.3, 0.4) is 0 Å². The van der Waals surface area contributed by atoms with Gasteiger partial charge in [0.2, 0.25) is 0 Å². The quantitative estimate of drug-likeness (QED) is 0.0263. The van der Waals surface area contributed by atoms with Gasteiger partial charge in [0.05, 0.1) is 40.3 Å². The second-order valence-corrected chi connectivity index (χ2v) is 15.9. The molecule has 0 radical (unpaired) electrons. The van der Waals surface area contributed by atoms with E-state index in [1.165, 1.54) is 0 Å². The number of carboxylic acids is 1. The summed E-state index contributed by atoms with van der Waals surface area (Å²) in [5.74, 6) is -1.86. The van der Waals surface area contributed by atoms with Crippen molar-refractivity contribution in [3.8, 4) is 0 Å². The zero-order valence-corrected chi connectivity index (χ0v) is 38.8. The fourth-order valence-corrected chi connectivity index (χ4v) is 5.84. The minimum absolute atomic E-state index is 0.00420. The molecule has 0 aromatic rings. The van der Waals surface area contributed by atoms with E-state index in [2.05, 4.69) is 135 Å². The molecular weight excluding hydrogens is 763 g/mol. The Kier molecular flexibility index (Phi) is 39.5. The van der Waals surface area contributed by atoms with Crippen LogP contribution in [0.2, 0.25) is 0 Å². The molecule has 0 heterocycles. The number of aliphatic carboxylic acids is 1. The van der Waals surface area contributed by atoms with Gasteiger partial charge in [-0.3, -0.25) is 9.59 Å². The first-order valence-corrected chi connectivity index (χ1v) is 23.1. The number of nitrogens with zero attached hydrogens (tertiary/aromatic N) is 1. The predicted molar refractivity (Wildman–Crippen MR) is 254 cm³/mol. The molecule has 0 amide bonds. The molecule has 0 saturated carbocycles. The van der Waals surface area contributed by atoms with E-state index in [1.54, 1.807) is 21.1 Å². The molecule has 0 rings (SSSR count). The van der Waals surface area contributed by atoms with E-state index < -0.39 is 18.1 Å². The largest absolute Gasteiger partial charge is 0.544 e. The highest BCUT2D eigenvalue weighted by Gasteiger charge is 2.25. The average Bonchev–Trinajstić information content (AvgIpc) is 3.22. The second-order valence-electron chi connectivity index (χ2n) is 15.9. The Labute approximate surface area is 371 Å². The monoisotopic (exact) mass is 846 g/mol. The van der Waals surface area contributed by atoms with Gasteiger partial charge in [0.15, 0.2) is 6.10 Å². The number of allylic oxidation sites excluding steroid dienone is 20. The molecule has 0 aliphatic carbocycles. The maximum Gasteiger partial charge on any atom is 0.306 e. The topological polar surface area (TPSA) is 102 Å². The fraction of sp³-hybridized carbons (Fsp3) is 0.566. The molecule has 0 fully saturated rings. The molecular formula is C53H83NO7. The van der Waals surface area contributed by atoms with Gasteiger partial charge in [0, 0.05) is 19.3 Å². The summed E-state index contributed by atoms with van der Waals surface area (Å²) in [4.78, 5) is 36.9. The van der Waals surface area contributed by atoms with Gasteiger partial charge in [0.25, 0.3) is 0 Å². The highest BCUT2D eigenvalue weighted by Crippen LogP contribution is 2.11. The highest BCUT2D eigenvalue weighted by atomic mass is 16.6. The van der Waals surface area contributed by atoms with Crippen LogP contribution in [0.4, 0.5) is 0 Å². The lowest BCUT2D eigenvalue weighted by Gasteiger charge is -2.34.